The van der Waals surface area contributed by atoms with Gasteiger partial charge in [-0.05, 0) is 153 Å². The molecule has 0 spiro atoms. The number of benzene rings is 16. The van der Waals surface area contributed by atoms with E-state index in [4.69, 9.17) is 19.9 Å². The smallest absolute Gasteiger partial charge is 0.237 e. The van der Waals surface area contributed by atoms with E-state index in [0.717, 1.165) is 111 Å². The van der Waals surface area contributed by atoms with Gasteiger partial charge >= 0.3 is 0 Å². The fourth-order valence-corrected chi connectivity index (χ4v) is 18.8. The number of aromatic nitrogens is 9. The van der Waals surface area contributed by atoms with E-state index in [2.05, 4.69) is 356 Å². The molecule has 0 saturated carbocycles. The van der Waals surface area contributed by atoms with Crippen molar-refractivity contribution < 1.29 is 0 Å². The van der Waals surface area contributed by atoms with Gasteiger partial charge in [0.25, 0.3) is 0 Å². The number of hydrogen-bond acceptors (Lipinski definition) is 4. The minimum absolute atomic E-state index is 0.628. The van der Waals surface area contributed by atoms with Crippen LogP contribution in [0, 0.1) is 0 Å². The summed E-state index contributed by atoms with van der Waals surface area (Å²) in [5.74, 6) is 2.97. The molecule has 0 unspecified atom stereocenters. The van der Waals surface area contributed by atoms with Gasteiger partial charge in [-0.3, -0.25) is 13.7 Å². The Kier molecular flexibility index (Phi) is 11.2. The van der Waals surface area contributed by atoms with Crippen LogP contribution in [-0.2, 0) is 0 Å². The van der Waals surface area contributed by atoms with E-state index in [1.165, 1.54) is 114 Å². The first-order valence-corrected chi connectivity index (χ1v) is 36.6. The second-order valence-corrected chi connectivity index (χ2v) is 28.8. The van der Waals surface area contributed by atoms with Crippen molar-refractivity contribution in [2.24, 2.45) is 0 Å². The summed E-state index contributed by atoms with van der Waals surface area (Å²) in [5.41, 5.74) is 23.3. The molecule has 0 fully saturated rings. The van der Waals surface area contributed by atoms with Crippen molar-refractivity contribution in [2.45, 2.75) is 0 Å². The predicted octanol–water partition coefficient (Wildman–Crippen LogP) is 25.0. The number of rotatable bonds is 7. The monoisotopic (exact) mass is 1360 g/mol. The number of fused-ring (bicyclic) bond motifs is 26. The molecule has 0 aliphatic heterocycles. The minimum atomic E-state index is 0.628. The third kappa shape index (κ3) is 7.69. The second-order valence-electron chi connectivity index (χ2n) is 28.8. The standard InChI is InChI=1S/C98H55N9/c1-2-22-56(23-3-1)59-46-48-87-73(51-59)77-54-75-66-28-10-18-38-83(66)106(93(75)89-70-32-12-20-40-85(70)103(87)91(77)89)96-68-30-6-14-34-79(68)99-95(101-96)62-50-61-24-4-5-25-63(61)72(53-62)58-44-42-57(43-45-58)60-47-49-88-74(52-60)78-55-76-67-29-11-19-39-84(67)107(94(76)90-71-33-13-21-41-86(71)104(88)92(78)90)97-69-31-7-15-35-80(69)100-98(102-97)105-81-36-16-8-26-64(81)65-27-9-17-37-82(65)105/h1-55H. The largest absolute Gasteiger partial charge is 0.308 e. The maximum Gasteiger partial charge on any atom is 0.237 e. The summed E-state index contributed by atoms with van der Waals surface area (Å²) in [6, 6.07) is 122. The molecule has 9 nitrogen and oxygen atoms in total. The fourth-order valence-electron chi connectivity index (χ4n) is 18.8. The zero-order valence-electron chi connectivity index (χ0n) is 57.3. The van der Waals surface area contributed by atoms with Crippen LogP contribution in [0.4, 0.5) is 0 Å². The van der Waals surface area contributed by atoms with Crippen LogP contribution in [0.2, 0.25) is 0 Å². The van der Waals surface area contributed by atoms with E-state index in [1.54, 1.807) is 0 Å². The summed E-state index contributed by atoms with van der Waals surface area (Å²) < 4.78 is 12.1. The van der Waals surface area contributed by atoms with E-state index >= 15 is 0 Å². The van der Waals surface area contributed by atoms with Crippen LogP contribution in [0.25, 0.3) is 237 Å². The number of nitrogens with zero attached hydrogens (tertiary/aromatic N) is 9. The first-order valence-electron chi connectivity index (χ1n) is 36.6. The van der Waals surface area contributed by atoms with Crippen LogP contribution in [0.5, 0.6) is 0 Å². The van der Waals surface area contributed by atoms with Crippen molar-refractivity contribution in [3.8, 4) is 62.4 Å². The van der Waals surface area contributed by atoms with Crippen molar-refractivity contribution >= 4 is 174 Å². The average molecular weight is 1360 g/mol. The Balaban J connectivity index is 0.646. The summed E-state index contributed by atoms with van der Waals surface area (Å²) in [6.45, 7) is 0. The Morgan fingerprint density at radius 1 is 0.196 bits per heavy atom. The predicted molar refractivity (Wildman–Crippen MR) is 444 cm³/mol. The summed E-state index contributed by atoms with van der Waals surface area (Å²) >= 11 is 0. The third-order valence-corrected chi connectivity index (χ3v) is 23.3. The molecular weight excluding hydrogens is 1300 g/mol. The lowest BCUT2D eigenvalue weighted by molar-refractivity contribution is 0.973. The zero-order chi connectivity index (χ0) is 69.4. The number of para-hydroxylation sites is 8. The summed E-state index contributed by atoms with van der Waals surface area (Å²) in [5, 5.41) is 21.0. The molecule has 0 saturated heterocycles. The Hall–Kier alpha value is -14.5. The van der Waals surface area contributed by atoms with Gasteiger partial charge in [0.2, 0.25) is 5.95 Å². The van der Waals surface area contributed by atoms with Gasteiger partial charge in [0, 0.05) is 91.7 Å². The highest BCUT2D eigenvalue weighted by atomic mass is 15.2. The van der Waals surface area contributed by atoms with Gasteiger partial charge in [0.1, 0.15) is 5.82 Å². The van der Waals surface area contributed by atoms with E-state index in [9.17, 15) is 0 Å². The first kappa shape index (κ1) is 57.0. The van der Waals surface area contributed by atoms with E-state index in [-0.39, 0.29) is 0 Å². The molecule has 25 aromatic rings. The fraction of sp³-hybridized carbons (Fsp3) is 0. The molecule has 107 heavy (non-hydrogen) atoms. The normalized spacial score (nSPS) is 12.5. The van der Waals surface area contributed by atoms with Gasteiger partial charge in [0.05, 0.1) is 77.2 Å². The van der Waals surface area contributed by atoms with Gasteiger partial charge < -0.3 is 8.80 Å². The third-order valence-electron chi connectivity index (χ3n) is 23.3. The Labute approximate surface area is 608 Å². The SMILES string of the molecule is c1ccc(-c2ccc3c(c2)c2cc4c5ccccc5n(-c5nc(-c6cc(-c7ccc(-c8ccc9c(c8)c8cc%10c%11ccccc%11n(-c%11nc(-n%12c%13ccccc%13c%13ccccc%13%12)nc%12ccccc%11%12)c%10c%10c%11ccccc%11n9c8%10)cc7)c7ccccc7c6)nc6ccccc56)c4c4c5ccccc5n3c24)cc1. The van der Waals surface area contributed by atoms with Crippen LogP contribution in [0.15, 0.2) is 334 Å². The van der Waals surface area contributed by atoms with E-state index in [0.29, 0.717) is 11.8 Å². The molecule has 9 heteroatoms. The topological polar surface area (TPSA) is 75.2 Å². The molecule has 0 aliphatic carbocycles. The van der Waals surface area contributed by atoms with Crippen LogP contribution in [-0.4, -0.2) is 42.4 Å². The van der Waals surface area contributed by atoms with Crippen molar-refractivity contribution in [3.05, 3.63) is 334 Å². The molecule has 16 aromatic carbocycles. The van der Waals surface area contributed by atoms with Crippen LogP contribution in [0.1, 0.15) is 0 Å². The van der Waals surface area contributed by atoms with Crippen LogP contribution < -0.4 is 0 Å². The lowest BCUT2D eigenvalue weighted by Gasteiger charge is -2.15. The Bertz CT molecular complexity index is 8140. The summed E-state index contributed by atoms with van der Waals surface area (Å²) in [6.07, 6.45) is 0. The Morgan fingerprint density at radius 2 is 0.579 bits per heavy atom. The van der Waals surface area contributed by atoms with Crippen molar-refractivity contribution in [2.75, 3.05) is 0 Å². The van der Waals surface area contributed by atoms with Gasteiger partial charge in [-0.25, -0.2) is 15.0 Å². The van der Waals surface area contributed by atoms with Gasteiger partial charge in [-0.15, -0.1) is 0 Å². The molecule has 0 bridgehead atoms. The molecule has 25 rings (SSSR count). The van der Waals surface area contributed by atoms with Crippen molar-refractivity contribution in [1.82, 2.24) is 42.4 Å². The zero-order valence-corrected chi connectivity index (χ0v) is 57.3. The molecule has 0 N–H and O–H groups in total. The maximum absolute atomic E-state index is 5.82. The first-order chi connectivity index (χ1) is 53.1. The van der Waals surface area contributed by atoms with Gasteiger partial charge in [0.15, 0.2) is 11.6 Å². The molecular formula is C98H55N9. The second kappa shape index (κ2) is 21.1. The molecule has 0 aliphatic rings. The van der Waals surface area contributed by atoms with Crippen molar-refractivity contribution in [1.29, 1.82) is 0 Å². The maximum atomic E-state index is 5.82. The molecule has 9 heterocycles. The van der Waals surface area contributed by atoms with Gasteiger partial charge in [-0.1, -0.05) is 224 Å². The molecule has 9 aromatic heterocycles. The van der Waals surface area contributed by atoms with Crippen LogP contribution in [0.3, 0.4) is 0 Å². The molecule has 0 atom stereocenters. The highest BCUT2D eigenvalue weighted by Crippen LogP contribution is 2.51. The van der Waals surface area contributed by atoms with Gasteiger partial charge in [-0.2, -0.15) is 4.98 Å². The Morgan fingerprint density at radius 3 is 1.12 bits per heavy atom. The van der Waals surface area contributed by atoms with E-state index in [1.807, 2.05) is 0 Å². The summed E-state index contributed by atoms with van der Waals surface area (Å²) in [4.78, 5) is 22.4. The minimum Gasteiger partial charge on any atom is -0.308 e. The molecule has 0 amide bonds. The van der Waals surface area contributed by atoms with Crippen LogP contribution >= 0.6 is 0 Å². The quantitative estimate of drug-likeness (QED) is 0.159. The summed E-state index contributed by atoms with van der Waals surface area (Å²) in [7, 11) is 0. The molecule has 0 radical (unpaired) electrons. The highest BCUT2D eigenvalue weighted by Gasteiger charge is 2.30. The van der Waals surface area contributed by atoms with E-state index < -0.39 is 0 Å². The average Bonchev–Trinajstić information content (AvgIpc) is 1.52. The van der Waals surface area contributed by atoms with Crippen molar-refractivity contribution in [3.63, 3.8) is 0 Å². The molecule has 492 valence electrons. The number of hydrogen-bond donors (Lipinski definition) is 0. The lowest BCUT2D eigenvalue weighted by Crippen LogP contribution is -2.07. The highest BCUT2D eigenvalue weighted by molar-refractivity contribution is 6.36. The lowest BCUT2D eigenvalue weighted by atomic mass is 9.93.